The molecule has 0 aliphatic carbocycles. The van der Waals surface area contributed by atoms with Gasteiger partial charge in [-0.25, -0.2) is 0 Å². The van der Waals surface area contributed by atoms with Crippen molar-refractivity contribution in [1.29, 1.82) is 0 Å². The van der Waals surface area contributed by atoms with Gasteiger partial charge >= 0.3 is 12.4 Å². The highest BCUT2D eigenvalue weighted by Crippen LogP contribution is 2.50. The zero-order chi connectivity index (χ0) is 29.5. The molecule has 2 aromatic carbocycles. The largest absolute Gasteiger partial charge is 0.416 e. The van der Waals surface area contributed by atoms with Crippen LogP contribution in [0.3, 0.4) is 0 Å². The standard InChI is InChI=1S/C29H31F6N3O2/c1-19-7-4-5-8-23(19)24-18-38(12-6-11-36(2)3)26(40)27(24)9-13-37(14-10-27)25(39)20-15-21(28(30,31)32)17-22(16-20)29(33,34)35/h4-5,7-8,15-18H,6,9-14H2,1-3H3. The molecule has 0 bridgehead atoms. The highest BCUT2D eigenvalue weighted by Gasteiger charge is 2.51. The number of nitrogens with zero attached hydrogens (tertiary/aromatic N) is 3. The van der Waals surface area contributed by atoms with Crippen LogP contribution in [-0.4, -0.2) is 66.8 Å². The molecule has 2 heterocycles. The summed E-state index contributed by atoms with van der Waals surface area (Å²) in [5, 5.41) is 0. The number of likely N-dealkylation sites (tertiary alicyclic amines) is 1. The minimum Gasteiger partial charge on any atom is -0.339 e. The molecule has 40 heavy (non-hydrogen) atoms. The fourth-order valence-corrected chi connectivity index (χ4v) is 5.49. The molecule has 0 aromatic heterocycles. The maximum atomic E-state index is 13.8. The number of benzene rings is 2. The van der Waals surface area contributed by atoms with E-state index in [9.17, 15) is 35.9 Å². The highest BCUT2D eigenvalue weighted by atomic mass is 19.4. The molecule has 0 saturated carbocycles. The second kappa shape index (κ2) is 10.9. The summed E-state index contributed by atoms with van der Waals surface area (Å²) in [6, 6.07) is 8.54. The van der Waals surface area contributed by atoms with E-state index in [1.54, 1.807) is 4.90 Å². The van der Waals surface area contributed by atoms with Crippen LogP contribution in [0.25, 0.3) is 5.57 Å². The lowest BCUT2D eigenvalue weighted by molar-refractivity contribution is -0.143. The molecule has 216 valence electrons. The second-order valence-corrected chi connectivity index (χ2v) is 10.7. The first kappa shape index (κ1) is 29.6. The van der Waals surface area contributed by atoms with Crippen molar-refractivity contribution in [1.82, 2.24) is 14.7 Å². The summed E-state index contributed by atoms with van der Waals surface area (Å²) in [5.41, 5.74) is -2.00. The number of hydrogen-bond acceptors (Lipinski definition) is 3. The van der Waals surface area contributed by atoms with Gasteiger partial charge < -0.3 is 14.7 Å². The van der Waals surface area contributed by atoms with Crippen LogP contribution in [0.1, 0.15) is 51.9 Å². The number of aryl methyl sites for hydroxylation is 1. The normalized spacial score (nSPS) is 17.6. The van der Waals surface area contributed by atoms with Crippen LogP contribution in [-0.2, 0) is 17.1 Å². The van der Waals surface area contributed by atoms with Gasteiger partial charge in [0.25, 0.3) is 5.91 Å². The van der Waals surface area contributed by atoms with Gasteiger partial charge in [0, 0.05) is 31.4 Å². The van der Waals surface area contributed by atoms with E-state index in [4.69, 9.17) is 0 Å². The van der Waals surface area contributed by atoms with Gasteiger partial charge in [0.2, 0.25) is 5.91 Å². The molecular weight excluding hydrogens is 536 g/mol. The monoisotopic (exact) mass is 567 g/mol. The predicted molar refractivity (Wildman–Crippen MR) is 138 cm³/mol. The summed E-state index contributed by atoms with van der Waals surface area (Å²) in [5.74, 6) is -1.03. The van der Waals surface area contributed by atoms with Crippen molar-refractivity contribution in [2.45, 2.75) is 38.5 Å². The summed E-state index contributed by atoms with van der Waals surface area (Å²) < 4.78 is 80.1. The predicted octanol–water partition coefficient (Wildman–Crippen LogP) is 6.09. The molecule has 2 aliphatic rings. The van der Waals surface area contributed by atoms with Gasteiger partial charge in [-0.15, -0.1) is 0 Å². The van der Waals surface area contributed by atoms with Crippen LogP contribution in [0.15, 0.2) is 48.7 Å². The van der Waals surface area contributed by atoms with Crippen molar-refractivity contribution in [2.75, 3.05) is 40.3 Å². The molecule has 1 fully saturated rings. The summed E-state index contributed by atoms with van der Waals surface area (Å²) >= 11 is 0. The van der Waals surface area contributed by atoms with Crippen LogP contribution in [0, 0.1) is 12.3 Å². The lowest BCUT2D eigenvalue weighted by atomic mass is 9.70. The third-order valence-corrected chi connectivity index (χ3v) is 7.65. The fourth-order valence-electron chi connectivity index (χ4n) is 5.49. The van der Waals surface area contributed by atoms with E-state index in [1.165, 1.54) is 4.90 Å². The maximum Gasteiger partial charge on any atom is 0.416 e. The summed E-state index contributed by atoms with van der Waals surface area (Å²) in [6.07, 6.45) is -7.10. The minimum atomic E-state index is -5.05. The zero-order valence-corrected chi connectivity index (χ0v) is 22.5. The molecule has 0 atom stereocenters. The number of alkyl halides is 6. The zero-order valence-electron chi connectivity index (χ0n) is 22.5. The molecule has 0 unspecified atom stereocenters. The van der Waals surface area contributed by atoms with Gasteiger partial charge in [0.05, 0.1) is 16.5 Å². The summed E-state index contributed by atoms with van der Waals surface area (Å²) in [7, 11) is 3.88. The Labute approximate surface area is 229 Å². The molecule has 2 aromatic rings. The Morgan fingerprint density at radius 1 is 0.950 bits per heavy atom. The Morgan fingerprint density at radius 3 is 2.05 bits per heavy atom. The SMILES string of the molecule is Cc1ccccc1C1=CN(CCCN(C)C)C(=O)C12CCN(C(=O)c1cc(C(F)(F)F)cc(C(F)(F)F)c1)CC2. The summed E-state index contributed by atoms with van der Waals surface area (Å²) in [4.78, 5) is 32.0. The topological polar surface area (TPSA) is 43.9 Å². The van der Waals surface area contributed by atoms with Gasteiger partial charge in [-0.2, -0.15) is 26.3 Å². The third kappa shape index (κ3) is 5.89. The molecule has 0 N–H and O–H groups in total. The van der Waals surface area contributed by atoms with Crippen LogP contribution >= 0.6 is 0 Å². The van der Waals surface area contributed by atoms with E-state index in [0.29, 0.717) is 18.7 Å². The number of halogens is 6. The van der Waals surface area contributed by atoms with Crippen molar-refractivity contribution in [2.24, 2.45) is 5.41 Å². The second-order valence-electron chi connectivity index (χ2n) is 10.7. The fraction of sp³-hybridized carbons (Fsp3) is 0.448. The number of rotatable bonds is 6. The van der Waals surface area contributed by atoms with Crippen molar-refractivity contribution in [3.05, 3.63) is 76.5 Å². The van der Waals surface area contributed by atoms with Gasteiger partial charge in [-0.05, 0) is 81.7 Å². The first-order valence-electron chi connectivity index (χ1n) is 13.0. The highest BCUT2D eigenvalue weighted by molar-refractivity contribution is 6.03. The number of amides is 2. The quantitative estimate of drug-likeness (QED) is 0.397. The first-order valence-corrected chi connectivity index (χ1v) is 13.0. The van der Waals surface area contributed by atoms with Crippen LogP contribution < -0.4 is 0 Å². The van der Waals surface area contributed by atoms with E-state index in [-0.39, 0.29) is 37.9 Å². The van der Waals surface area contributed by atoms with E-state index in [2.05, 4.69) is 0 Å². The van der Waals surface area contributed by atoms with Gasteiger partial charge in [-0.3, -0.25) is 9.59 Å². The maximum absolute atomic E-state index is 13.8. The molecule has 1 saturated heterocycles. The lowest BCUT2D eigenvalue weighted by Crippen LogP contribution is -2.48. The molecule has 5 nitrogen and oxygen atoms in total. The van der Waals surface area contributed by atoms with Crippen LogP contribution in [0.4, 0.5) is 26.3 Å². The van der Waals surface area contributed by atoms with E-state index in [1.807, 2.05) is 56.4 Å². The molecule has 1 spiro atoms. The summed E-state index contributed by atoms with van der Waals surface area (Å²) in [6.45, 7) is 3.24. The molecule has 2 aliphatic heterocycles. The van der Waals surface area contributed by atoms with Gasteiger partial charge in [0.15, 0.2) is 0 Å². The number of hydrogen-bond donors (Lipinski definition) is 0. The van der Waals surface area contributed by atoms with Crippen LogP contribution in [0.5, 0.6) is 0 Å². The third-order valence-electron chi connectivity index (χ3n) is 7.65. The Kier molecular flexibility index (Phi) is 8.08. The van der Waals surface area contributed by atoms with Crippen molar-refractivity contribution in [3.8, 4) is 0 Å². The number of carbonyl (C=O) groups excluding carboxylic acids is 2. The Hall–Kier alpha value is -3.34. The van der Waals surface area contributed by atoms with Crippen molar-refractivity contribution < 1.29 is 35.9 Å². The van der Waals surface area contributed by atoms with Gasteiger partial charge in [0.1, 0.15) is 0 Å². The average molecular weight is 568 g/mol. The van der Waals surface area contributed by atoms with E-state index >= 15 is 0 Å². The number of carbonyl (C=O) groups is 2. The molecule has 0 radical (unpaired) electrons. The minimum absolute atomic E-state index is 0.00330. The smallest absolute Gasteiger partial charge is 0.339 e. The van der Waals surface area contributed by atoms with E-state index < -0.39 is 40.4 Å². The molecule has 2 amide bonds. The Bertz CT molecular complexity index is 1280. The molecule has 11 heteroatoms. The number of piperidine rings is 1. The van der Waals surface area contributed by atoms with Crippen molar-refractivity contribution >= 4 is 17.4 Å². The van der Waals surface area contributed by atoms with Crippen molar-refractivity contribution in [3.63, 3.8) is 0 Å². The van der Waals surface area contributed by atoms with Gasteiger partial charge in [-0.1, -0.05) is 24.3 Å². The average Bonchev–Trinajstić information content (AvgIpc) is 3.13. The molecule has 4 rings (SSSR count). The lowest BCUT2D eigenvalue weighted by Gasteiger charge is -2.40. The Morgan fingerprint density at radius 2 is 1.52 bits per heavy atom. The Balaban J connectivity index is 1.61. The molecular formula is C29H31F6N3O2. The van der Waals surface area contributed by atoms with E-state index in [0.717, 1.165) is 29.7 Å². The van der Waals surface area contributed by atoms with Crippen LogP contribution in [0.2, 0.25) is 0 Å². The first-order chi connectivity index (χ1) is 18.6.